The van der Waals surface area contributed by atoms with Gasteiger partial charge in [0.1, 0.15) is 0 Å². The number of rotatable bonds is 7. The number of benzene rings is 2. The minimum Gasteiger partial charge on any atom is -0.359 e. The van der Waals surface area contributed by atoms with Gasteiger partial charge in [0.25, 0.3) is 0 Å². The molecular formula is C20H25N. The van der Waals surface area contributed by atoms with Gasteiger partial charge in [-0.15, -0.1) is 0 Å². The van der Waals surface area contributed by atoms with E-state index in [1.807, 2.05) is 0 Å². The highest BCUT2D eigenvalue weighted by Gasteiger charge is 1.99. The summed E-state index contributed by atoms with van der Waals surface area (Å²) >= 11 is 0. The zero-order valence-electron chi connectivity index (χ0n) is 13.2. The van der Waals surface area contributed by atoms with Crippen LogP contribution in [0.5, 0.6) is 0 Å². The molecule has 1 N–H and O–H groups in total. The van der Waals surface area contributed by atoms with Gasteiger partial charge in [-0.05, 0) is 49.4 Å². The fraction of sp³-hybridized carbons (Fsp3) is 0.300. The number of aryl methyl sites for hydroxylation is 1. The van der Waals surface area contributed by atoms with Gasteiger partial charge in [-0.3, -0.25) is 0 Å². The maximum absolute atomic E-state index is 4.07. The lowest BCUT2D eigenvalue weighted by Crippen LogP contribution is -1.98. The minimum absolute atomic E-state index is 0.983. The van der Waals surface area contributed by atoms with Crippen LogP contribution in [0.3, 0.4) is 0 Å². The quantitative estimate of drug-likeness (QED) is 0.685. The molecule has 0 saturated heterocycles. The zero-order valence-corrected chi connectivity index (χ0v) is 13.2. The Morgan fingerprint density at radius 2 is 1.52 bits per heavy atom. The highest BCUT2D eigenvalue weighted by atomic mass is 14.9. The van der Waals surface area contributed by atoms with E-state index in [9.17, 15) is 0 Å². The maximum atomic E-state index is 4.07. The summed E-state index contributed by atoms with van der Waals surface area (Å²) in [6.45, 7) is 8.40. The highest BCUT2D eigenvalue weighted by molar-refractivity contribution is 5.49. The van der Waals surface area contributed by atoms with E-state index in [-0.39, 0.29) is 0 Å². The molecule has 110 valence electrons. The van der Waals surface area contributed by atoms with Gasteiger partial charge in [-0.1, -0.05) is 61.9 Å². The molecule has 2 rings (SSSR count). The molecule has 0 unspecified atom stereocenters. The van der Waals surface area contributed by atoms with Crippen molar-refractivity contribution in [2.75, 3.05) is 5.32 Å². The Kier molecular flexibility index (Phi) is 5.62. The van der Waals surface area contributed by atoms with E-state index >= 15 is 0 Å². The molecule has 1 nitrogen and oxygen atoms in total. The van der Waals surface area contributed by atoms with Gasteiger partial charge in [0.2, 0.25) is 0 Å². The SMILES string of the molecule is C=C(CCCC)Nc1ccc(Cc2ccc(C)cc2)cc1. The molecule has 0 saturated carbocycles. The Morgan fingerprint density at radius 1 is 0.952 bits per heavy atom. The summed E-state index contributed by atoms with van der Waals surface area (Å²) in [5.74, 6) is 0. The summed E-state index contributed by atoms with van der Waals surface area (Å²) in [6, 6.07) is 17.4. The molecule has 0 aliphatic carbocycles. The average molecular weight is 279 g/mol. The van der Waals surface area contributed by atoms with E-state index in [1.54, 1.807) is 0 Å². The Labute approximate surface area is 128 Å². The third kappa shape index (κ3) is 5.11. The molecule has 2 aromatic carbocycles. The van der Waals surface area contributed by atoms with Crippen LogP contribution >= 0.6 is 0 Å². The molecule has 0 heterocycles. The summed E-state index contributed by atoms with van der Waals surface area (Å²) in [6.07, 6.45) is 4.42. The third-order valence-electron chi connectivity index (χ3n) is 3.64. The molecule has 0 bridgehead atoms. The van der Waals surface area contributed by atoms with Crippen molar-refractivity contribution in [2.24, 2.45) is 0 Å². The van der Waals surface area contributed by atoms with Crippen LogP contribution in [0.25, 0.3) is 0 Å². The van der Waals surface area contributed by atoms with Crippen LogP contribution in [-0.2, 0) is 6.42 Å². The van der Waals surface area contributed by atoms with Gasteiger partial charge >= 0.3 is 0 Å². The van der Waals surface area contributed by atoms with Crippen LogP contribution in [-0.4, -0.2) is 0 Å². The fourth-order valence-electron chi connectivity index (χ4n) is 2.30. The van der Waals surface area contributed by atoms with Crippen LogP contribution in [0.1, 0.15) is 42.9 Å². The predicted molar refractivity (Wildman–Crippen MR) is 92.7 cm³/mol. The summed E-state index contributed by atoms with van der Waals surface area (Å²) in [4.78, 5) is 0. The van der Waals surface area contributed by atoms with Crippen molar-refractivity contribution in [2.45, 2.75) is 39.5 Å². The van der Waals surface area contributed by atoms with Crippen molar-refractivity contribution >= 4 is 5.69 Å². The lowest BCUT2D eigenvalue weighted by molar-refractivity contribution is 0.792. The monoisotopic (exact) mass is 279 g/mol. The minimum atomic E-state index is 0.983. The summed E-state index contributed by atoms with van der Waals surface area (Å²) < 4.78 is 0. The van der Waals surface area contributed by atoms with Crippen LogP contribution < -0.4 is 5.32 Å². The lowest BCUT2D eigenvalue weighted by atomic mass is 10.0. The molecule has 0 fully saturated rings. The van der Waals surface area contributed by atoms with Crippen LogP contribution in [0.4, 0.5) is 5.69 Å². The Bertz CT molecular complexity index is 564. The Hall–Kier alpha value is -2.02. The maximum Gasteiger partial charge on any atom is 0.0381 e. The van der Waals surface area contributed by atoms with Gasteiger partial charge < -0.3 is 5.32 Å². The van der Waals surface area contributed by atoms with Crippen LogP contribution in [0.15, 0.2) is 60.8 Å². The number of allylic oxidation sites excluding steroid dienone is 1. The largest absolute Gasteiger partial charge is 0.359 e. The molecule has 1 heteroatoms. The summed E-state index contributed by atoms with van der Waals surface area (Å²) in [7, 11) is 0. The fourth-order valence-corrected chi connectivity index (χ4v) is 2.30. The van der Waals surface area contributed by atoms with E-state index in [2.05, 4.69) is 74.3 Å². The molecule has 0 amide bonds. The standard InChI is InChI=1S/C20H25N/c1-4-5-6-17(3)21-20-13-11-19(12-14-20)15-18-9-7-16(2)8-10-18/h7-14,21H,3-6,15H2,1-2H3. The van der Waals surface area contributed by atoms with Crippen molar-refractivity contribution in [3.63, 3.8) is 0 Å². The van der Waals surface area contributed by atoms with Crippen molar-refractivity contribution in [3.8, 4) is 0 Å². The van der Waals surface area contributed by atoms with Crippen LogP contribution in [0, 0.1) is 6.92 Å². The van der Waals surface area contributed by atoms with Gasteiger partial charge in [-0.25, -0.2) is 0 Å². The normalized spacial score (nSPS) is 10.4. The molecule has 0 spiro atoms. The van der Waals surface area contributed by atoms with E-state index in [4.69, 9.17) is 0 Å². The Balaban J connectivity index is 1.92. The third-order valence-corrected chi connectivity index (χ3v) is 3.64. The number of nitrogens with one attached hydrogen (secondary N) is 1. The summed E-state index contributed by atoms with van der Waals surface area (Å²) in [5.41, 5.74) is 6.23. The second-order valence-electron chi connectivity index (χ2n) is 5.69. The average Bonchev–Trinajstić information content (AvgIpc) is 2.49. The van der Waals surface area contributed by atoms with Crippen molar-refractivity contribution in [1.29, 1.82) is 0 Å². The van der Waals surface area contributed by atoms with Gasteiger partial charge in [-0.2, -0.15) is 0 Å². The number of anilines is 1. The first-order valence-electron chi connectivity index (χ1n) is 7.76. The second-order valence-corrected chi connectivity index (χ2v) is 5.69. The first-order chi connectivity index (χ1) is 10.2. The number of unbranched alkanes of at least 4 members (excludes halogenated alkanes) is 1. The first kappa shape index (κ1) is 15.4. The van der Waals surface area contributed by atoms with E-state index in [0.717, 1.165) is 24.2 Å². The van der Waals surface area contributed by atoms with Crippen molar-refractivity contribution in [3.05, 3.63) is 77.5 Å². The van der Waals surface area contributed by atoms with Crippen molar-refractivity contribution in [1.82, 2.24) is 0 Å². The molecule has 2 aromatic rings. The zero-order chi connectivity index (χ0) is 15.1. The molecule has 0 radical (unpaired) electrons. The molecule has 21 heavy (non-hydrogen) atoms. The molecule has 0 aliphatic heterocycles. The van der Waals surface area contributed by atoms with E-state index in [1.165, 1.54) is 29.5 Å². The topological polar surface area (TPSA) is 12.0 Å². The second kappa shape index (κ2) is 7.68. The van der Waals surface area contributed by atoms with E-state index < -0.39 is 0 Å². The lowest BCUT2D eigenvalue weighted by Gasteiger charge is -2.10. The van der Waals surface area contributed by atoms with E-state index in [0.29, 0.717) is 0 Å². The molecule has 0 aliphatic rings. The smallest absolute Gasteiger partial charge is 0.0381 e. The highest BCUT2D eigenvalue weighted by Crippen LogP contribution is 2.16. The van der Waals surface area contributed by atoms with Crippen LogP contribution in [0.2, 0.25) is 0 Å². The Morgan fingerprint density at radius 3 is 2.10 bits per heavy atom. The molecular weight excluding hydrogens is 254 g/mol. The first-order valence-corrected chi connectivity index (χ1v) is 7.76. The van der Waals surface area contributed by atoms with Gasteiger partial charge in [0.15, 0.2) is 0 Å². The van der Waals surface area contributed by atoms with Gasteiger partial charge in [0.05, 0.1) is 0 Å². The van der Waals surface area contributed by atoms with Crippen molar-refractivity contribution < 1.29 is 0 Å². The predicted octanol–water partition coefficient (Wildman–Crippen LogP) is 5.70. The molecule has 0 aromatic heterocycles. The number of hydrogen-bond donors (Lipinski definition) is 1. The molecule has 0 atom stereocenters. The summed E-state index contributed by atoms with van der Waals surface area (Å²) in [5, 5.41) is 3.38. The number of hydrogen-bond acceptors (Lipinski definition) is 1. The van der Waals surface area contributed by atoms with Gasteiger partial charge in [0, 0.05) is 11.4 Å².